The zero-order chi connectivity index (χ0) is 35.6. The Morgan fingerprint density at radius 1 is 0.875 bits per heavy atom. The molecule has 0 aliphatic carbocycles. The molecule has 1 aliphatic heterocycles. The van der Waals surface area contributed by atoms with Crippen LogP contribution in [0.1, 0.15) is 31.1 Å². The molecule has 48 heavy (non-hydrogen) atoms. The Labute approximate surface area is 275 Å². The number of benzene rings is 1. The molecular weight excluding hydrogens is 644 g/mol. The van der Waals surface area contributed by atoms with Crippen LogP contribution in [0.15, 0.2) is 23.3 Å². The summed E-state index contributed by atoms with van der Waals surface area (Å²) in [6.07, 6.45) is -8.15. The van der Waals surface area contributed by atoms with E-state index >= 15 is 0 Å². The number of hydrogen-bond donors (Lipinski definition) is 1. The zero-order valence-electron chi connectivity index (χ0n) is 27.2. The van der Waals surface area contributed by atoms with Crippen molar-refractivity contribution in [2.24, 2.45) is 5.11 Å². The van der Waals surface area contributed by atoms with E-state index in [1.54, 1.807) is 7.05 Å². The van der Waals surface area contributed by atoms with Gasteiger partial charge in [0, 0.05) is 51.4 Å². The monoisotopic (exact) mass is 684 g/mol. The second-order valence-corrected chi connectivity index (χ2v) is 9.99. The molecule has 266 valence electrons. The number of ether oxygens (including phenoxy) is 9. The quantitative estimate of drug-likeness (QED) is 0.0531. The fraction of sp³-hybridized carbons (Fsp3) is 0.621. The Bertz CT molecular complexity index is 1310. The molecule has 2 rings (SSSR count). The summed E-state index contributed by atoms with van der Waals surface area (Å²) >= 11 is 0. The van der Waals surface area contributed by atoms with Crippen LogP contribution in [0.4, 0.5) is 0 Å². The maximum Gasteiger partial charge on any atom is 0.339 e. The molecule has 1 aromatic rings. The highest BCUT2D eigenvalue weighted by atomic mass is 16.7. The minimum Gasteiger partial charge on any atom is -0.504 e. The molecule has 0 unspecified atom stereocenters. The number of carbonyl (C=O) groups excluding carboxylic acids is 5. The zero-order valence-corrected chi connectivity index (χ0v) is 27.2. The molecule has 1 saturated heterocycles. The fourth-order valence-electron chi connectivity index (χ4n) is 4.27. The van der Waals surface area contributed by atoms with Crippen LogP contribution in [-0.2, 0) is 57.1 Å². The Balaban J connectivity index is 2.05. The Hall–Kier alpha value is -4.68. The summed E-state index contributed by atoms with van der Waals surface area (Å²) in [4.78, 5) is 65.4. The molecule has 0 aromatic heterocycles. The molecule has 1 aromatic carbocycles. The van der Waals surface area contributed by atoms with Gasteiger partial charge in [-0.2, -0.15) is 0 Å². The molecule has 0 spiro atoms. The van der Waals surface area contributed by atoms with E-state index in [1.807, 2.05) is 0 Å². The van der Waals surface area contributed by atoms with Gasteiger partial charge < -0.3 is 52.6 Å². The predicted octanol–water partition coefficient (Wildman–Crippen LogP) is 0.896. The summed E-state index contributed by atoms with van der Waals surface area (Å²) in [7, 11) is 2.58. The standard InChI is InChI=1S/C29H40N4O15/c1-17(34)44-23-24(45-18(2)35)26(46-19(3)36)29(48-25(23)28(39)40-5)47-22-7-6-20(16-21(22)37)27(38)33(4)9-11-42-13-15-43-14-12-41-10-8-31-32-30/h6-7,16,23-26,29,37H,8-15H2,1-5H3/t23-,24-,25-,26+,29+/m0/s1. The number of nitrogens with zero attached hydrogens (tertiary/aromatic N) is 4. The van der Waals surface area contributed by atoms with E-state index in [0.717, 1.165) is 33.9 Å². The fourth-order valence-corrected chi connectivity index (χ4v) is 4.27. The van der Waals surface area contributed by atoms with E-state index in [9.17, 15) is 29.1 Å². The van der Waals surface area contributed by atoms with Gasteiger partial charge in [-0.05, 0) is 23.7 Å². The third-order valence-electron chi connectivity index (χ3n) is 6.34. The average molecular weight is 685 g/mol. The van der Waals surface area contributed by atoms with E-state index < -0.39 is 66.2 Å². The second-order valence-electron chi connectivity index (χ2n) is 9.99. The van der Waals surface area contributed by atoms with Crippen LogP contribution in [0.3, 0.4) is 0 Å². The van der Waals surface area contributed by atoms with Gasteiger partial charge in [0.15, 0.2) is 29.8 Å². The maximum atomic E-state index is 13.0. The summed E-state index contributed by atoms with van der Waals surface area (Å²) < 4.78 is 48.1. The third-order valence-corrected chi connectivity index (χ3v) is 6.34. The number of carbonyl (C=O) groups is 5. The van der Waals surface area contributed by atoms with Crippen molar-refractivity contribution in [2.45, 2.75) is 51.5 Å². The largest absolute Gasteiger partial charge is 0.504 e. The lowest BCUT2D eigenvalue weighted by Gasteiger charge is -2.43. The van der Waals surface area contributed by atoms with Crippen molar-refractivity contribution < 1.29 is 71.7 Å². The molecule has 19 nitrogen and oxygen atoms in total. The van der Waals surface area contributed by atoms with E-state index in [4.69, 9.17) is 48.2 Å². The number of methoxy groups -OCH3 is 1. The summed E-state index contributed by atoms with van der Waals surface area (Å²) in [5.74, 6) is -4.84. The highest BCUT2D eigenvalue weighted by Crippen LogP contribution is 2.34. The first-order valence-corrected chi connectivity index (χ1v) is 14.6. The number of likely N-dealkylation sites (N-methyl/N-ethyl adjacent to an activating group) is 1. The van der Waals surface area contributed by atoms with Crippen LogP contribution in [0.2, 0.25) is 0 Å². The number of aromatic hydroxyl groups is 1. The molecule has 0 saturated carbocycles. The second kappa shape index (κ2) is 20.5. The van der Waals surface area contributed by atoms with Gasteiger partial charge in [0.1, 0.15) is 0 Å². The Morgan fingerprint density at radius 3 is 2.00 bits per heavy atom. The van der Waals surface area contributed by atoms with Crippen molar-refractivity contribution in [2.75, 3.05) is 66.9 Å². The lowest BCUT2D eigenvalue weighted by atomic mass is 9.97. The Morgan fingerprint density at radius 2 is 1.44 bits per heavy atom. The molecular formula is C29H40N4O15. The van der Waals surface area contributed by atoms with Crippen molar-refractivity contribution in [3.8, 4) is 11.5 Å². The first kappa shape index (κ1) is 39.5. The summed E-state index contributed by atoms with van der Waals surface area (Å²) in [5.41, 5.74) is 8.28. The number of phenols is 1. The van der Waals surface area contributed by atoms with E-state index in [1.165, 1.54) is 17.0 Å². The molecule has 0 radical (unpaired) electrons. The van der Waals surface area contributed by atoms with Crippen LogP contribution >= 0.6 is 0 Å². The number of phenolic OH excluding ortho intramolecular Hbond substituents is 1. The van der Waals surface area contributed by atoms with Crippen LogP contribution in [0, 0.1) is 0 Å². The predicted molar refractivity (Wildman–Crippen MR) is 160 cm³/mol. The molecule has 1 aliphatic rings. The third kappa shape index (κ3) is 12.8. The van der Waals surface area contributed by atoms with Gasteiger partial charge >= 0.3 is 23.9 Å². The first-order chi connectivity index (χ1) is 22.9. The normalized spacial score (nSPS) is 20.1. The minimum atomic E-state index is -1.69. The number of amides is 1. The van der Waals surface area contributed by atoms with Crippen LogP contribution < -0.4 is 4.74 Å². The van der Waals surface area contributed by atoms with Crippen molar-refractivity contribution in [3.05, 3.63) is 34.2 Å². The van der Waals surface area contributed by atoms with Crippen molar-refractivity contribution in [3.63, 3.8) is 0 Å². The topological polar surface area (TPSA) is 241 Å². The molecule has 1 amide bonds. The van der Waals surface area contributed by atoms with Gasteiger partial charge in [-0.25, -0.2) is 4.79 Å². The average Bonchev–Trinajstić information content (AvgIpc) is 3.03. The number of azide groups is 1. The molecule has 1 fully saturated rings. The van der Waals surface area contributed by atoms with E-state index in [-0.39, 0.29) is 37.6 Å². The van der Waals surface area contributed by atoms with Gasteiger partial charge in [0.2, 0.25) is 12.4 Å². The van der Waals surface area contributed by atoms with Gasteiger partial charge in [-0.15, -0.1) is 0 Å². The van der Waals surface area contributed by atoms with Crippen molar-refractivity contribution in [1.29, 1.82) is 0 Å². The molecule has 1 N–H and O–H groups in total. The van der Waals surface area contributed by atoms with Gasteiger partial charge in [-0.3, -0.25) is 19.2 Å². The highest BCUT2D eigenvalue weighted by Gasteiger charge is 2.56. The van der Waals surface area contributed by atoms with Gasteiger partial charge in [-0.1, -0.05) is 5.11 Å². The first-order valence-electron chi connectivity index (χ1n) is 14.6. The van der Waals surface area contributed by atoms with Crippen LogP contribution in [0.5, 0.6) is 11.5 Å². The number of esters is 4. The van der Waals surface area contributed by atoms with Crippen molar-refractivity contribution in [1.82, 2.24) is 4.90 Å². The summed E-state index contributed by atoms with van der Waals surface area (Å²) in [5, 5.41) is 14.1. The van der Waals surface area contributed by atoms with Gasteiger partial charge in [0.25, 0.3) is 5.91 Å². The molecule has 19 heteroatoms. The maximum absolute atomic E-state index is 13.0. The molecule has 0 bridgehead atoms. The Kier molecular flexibility index (Phi) is 16.9. The van der Waals surface area contributed by atoms with E-state index in [0.29, 0.717) is 26.4 Å². The minimum absolute atomic E-state index is 0.0902. The number of hydrogen-bond acceptors (Lipinski definition) is 16. The lowest BCUT2D eigenvalue weighted by Crippen LogP contribution is -2.64. The lowest BCUT2D eigenvalue weighted by molar-refractivity contribution is -0.282. The molecule has 1 heterocycles. The summed E-state index contributed by atoms with van der Waals surface area (Å²) in [6, 6.07) is 3.72. The van der Waals surface area contributed by atoms with Crippen molar-refractivity contribution >= 4 is 29.8 Å². The summed E-state index contributed by atoms with van der Waals surface area (Å²) in [6.45, 7) is 5.39. The van der Waals surface area contributed by atoms with Gasteiger partial charge in [0.05, 0.1) is 46.8 Å². The smallest absolute Gasteiger partial charge is 0.339 e. The highest BCUT2D eigenvalue weighted by molar-refractivity contribution is 5.94. The molecule has 5 atom stereocenters. The number of rotatable bonds is 19. The van der Waals surface area contributed by atoms with Crippen LogP contribution in [-0.4, -0.2) is 137 Å². The SMILES string of the molecule is COC(=O)[C@H]1O[C@@H](Oc2ccc(C(=O)N(C)CCOCCOCCOCCN=[N+]=[N-])cc2O)[C@H](OC(C)=O)[C@@H](OC(C)=O)[C@@H]1OC(C)=O. The van der Waals surface area contributed by atoms with Crippen LogP contribution in [0.25, 0.3) is 10.4 Å². The van der Waals surface area contributed by atoms with E-state index in [2.05, 4.69) is 10.0 Å².